The molecule has 5 nitrogen and oxygen atoms in total. The van der Waals surface area contributed by atoms with E-state index in [-0.39, 0.29) is 6.61 Å². The van der Waals surface area contributed by atoms with Gasteiger partial charge < -0.3 is 15.7 Å². The van der Waals surface area contributed by atoms with E-state index in [1.54, 1.807) is 32.0 Å². The first-order valence-electron chi connectivity index (χ1n) is 5.34. The molecule has 0 aliphatic heterocycles. The predicted octanol–water partition coefficient (Wildman–Crippen LogP) is 1.27. The molecule has 0 aromatic heterocycles. The number of nitrogens with one attached hydrogen (secondary N) is 2. The average molecular weight is 315 g/mol. The Bertz CT molecular complexity index is 460. The lowest BCUT2D eigenvalue weighted by Crippen LogP contribution is -2.50. The highest BCUT2D eigenvalue weighted by Crippen LogP contribution is 2.15. The minimum atomic E-state index is -0.828. The molecular formula is C12H15BrN2O3. The van der Waals surface area contributed by atoms with Gasteiger partial charge in [-0.05, 0) is 32.0 Å². The van der Waals surface area contributed by atoms with Gasteiger partial charge in [-0.15, -0.1) is 0 Å². The Kier molecular flexibility index (Phi) is 4.86. The number of carbonyl (C=O) groups excluding carboxylic acids is 2. The minimum Gasteiger partial charge on any atom is -0.394 e. The number of carbonyl (C=O) groups is 2. The first-order valence-corrected chi connectivity index (χ1v) is 6.13. The zero-order valence-electron chi connectivity index (χ0n) is 10.2. The van der Waals surface area contributed by atoms with Gasteiger partial charge in [-0.2, -0.15) is 0 Å². The zero-order chi connectivity index (χ0) is 13.8. The lowest BCUT2D eigenvalue weighted by Gasteiger charge is -2.22. The van der Waals surface area contributed by atoms with Crippen LogP contribution in [0.2, 0.25) is 0 Å². The van der Waals surface area contributed by atoms with Crippen LogP contribution in [0.25, 0.3) is 0 Å². The van der Waals surface area contributed by atoms with Gasteiger partial charge in [0.2, 0.25) is 0 Å². The molecule has 1 aromatic rings. The molecule has 0 unspecified atom stereocenters. The number of halogens is 1. The number of rotatable bonds is 3. The van der Waals surface area contributed by atoms with Gasteiger partial charge in [0.15, 0.2) is 0 Å². The summed E-state index contributed by atoms with van der Waals surface area (Å²) in [6, 6.07) is 6.91. The fourth-order valence-electron chi connectivity index (χ4n) is 1.16. The molecule has 0 bridgehead atoms. The van der Waals surface area contributed by atoms with Crippen LogP contribution < -0.4 is 10.6 Å². The Morgan fingerprint density at radius 2 is 2.00 bits per heavy atom. The van der Waals surface area contributed by atoms with Gasteiger partial charge in [0.1, 0.15) is 0 Å². The second-order valence-electron chi connectivity index (χ2n) is 4.46. The van der Waals surface area contributed by atoms with Crippen molar-refractivity contribution >= 4 is 33.4 Å². The monoisotopic (exact) mass is 314 g/mol. The van der Waals surface area contributed by atoms with Gasteiger partial charge in [-0.3, -0.25) is 9.59 Å². The van der Waals surface area contributed by atoms with E-state index in [9.17, 15) is 9.59 Å². The maximum absolute atomic E-state index is 11.6. The highest BCUT2D eigenvalue weighted by molar-refractivity contribution is 9.10. The first-order chi connectivity index (χ1) is 8.34. The third-order valence-electron chi connectivity index (χ3n) is 2.14. The highest BCUT2D eigenvalue weighted by Gasteiger charge is 2.23. The lowest BCUT2D eigenvalue weighted by atomic mass is 10.1. The minimum absolute atomic E-state index is 0.247. The van der Waals surface area contributed by atoms with Crippen LogP contribution in [0.4, 0.5) is 5.69 Å². The van der Waals surface area contributed by atoms with Crippen molar-refractivity contribution in [3.8, 4) is 0 Å². The molecule has 6 heteroatoms. The van der Waals surface area contributed by atoms with Crippen LogP contribution in [-0.2, 0) is 9.59 Å². The summed E-state index contributed by atoms with van der Waals surface area (Å²) in [5, 5.41) is 13.9. The van der Waals surface area contributed by atoms with Crippen LogP contribution in [0.1, 0.15) is 13.8 Å². The van der Waals surface area contributed by atoms with E-state index < -0.39 is 17.4 Å². The summed E-state index contributed by atoms with van der Waals surface area (Å²) in [5.41, 5.74) is -0.308. The maximum atomic E-state index is 11.6. The fraction of sp³-hybridized carbons (Fsp3) is 0.333. The number of benzene rings is 1. The lowest BCUT2D eigenvalue weighted by molar-refractivity contribution is -0.137. The van der Waals surface area contributed by atoms with Crippen LogP contribution in [0.5, 0.6) is 0 Å². The van der Waals surface area contributed by atoms with E-state index >= 15 is 0 Å². The number of anilines is 1. The van der Waals surface area contributed by atoms with Gasteiger partial charge in [-0.25, -0.2) is 0 Å². The molecule has 0 saturated heterocycles. The van der Waals surface area contributed by atoms with Crippen molar-refractivity contribution in [3.05, 3.63) is 28.7 Å². The molecule has 0 aliphatic carbocycles. The molecule has 1 aromatic carbocycles. The molecule has 18 heavy (non-hydrogen) atoms. The van der Waals surface area contributed by atoms with Gasteiger partial charge in [0, 0.05) is 10.2 Å². The smallest absolute Gasteiger partial charge is 0.313 e. The first kappa shape index (κ1) is 14.7. The normalized spacial score (nSPS) is 10.9. The van der Waals surface area contributed by atoms with Crippen LogP contribution in [0.15, 0.2) is 28.7 Å². The summed E-state index contributed by atoms with van der Waals surface area (Å²) in [6.07, 6.45) is 0. The molecule has 0 saturated carbocycles. The van der Waals surface area contributed by atoms with Gasteiger partial charge in [-0.1, -0.05) is 22.0 Å². The summed E-state index contributed by atoms with van der Waals surface area (Å²) < 4.78 is 0.802. The molecular weight excluding hydrogens is 300 g/mol. The summed E-state index contributed by atoms with van der Waals surface area (Å²) in [5.74, 6) is -1.55. The van der Waals surface area contributed by atoms with Crippen LogP contribution in [0, 0.1) is 0 Å². The number of aliphatic hydroxyl groups is 1. The number of amides is 2. The molecule has 0 aliphatic rings. The van der Waals surface area contributed by atoms with E-state index in [4.69, 9.17) is 5.11 Å². The highest BCUT2D eigenvalue weighted by atomic mass is 79.9. The largest absolute Gasteiger partial charge is 0.394 e. The van der Waals surface area contributed by atoms with E-state index in [2.05, 4.69) is 26.6 Å². The molecule has 0 heterocycles. The SMILES string of the molecule is CC(C)(CO)NC(=O)C(=O)Nc1cccc(Br)c1. The molecule has 3 N–H and O–H groups in total. The van der Waals surface area contributed by atoms with Crippen molar-refractivity contribution < 1.29 is 14.7 Å². The van der Waals surface area contributed by atoms with Crippen LogP contribution in [0.3, 0.4) is 0 Å². The maximum Gasteiger partial charge on any atom is 0.313 e. The quantitative estimate of drug-likeness (QED) is 0.735. The van der Waals surface area contributed by atoms with Gasteiger partial charge in [0.05, 0.1) is 12.1 Å². The number of hydrogen-bond acceptors (Lipinski definition) is 3. The molecule has 0 spiro atoms. The summed E-state index contributed by atoms with van der Waals surface area (Å²) in [6.45, 7) is 3.00. The molecule has 0 radical (unpaired) electrons. The van der Waals surface area contributed by atoms with Crippen molar-refractivity contribution in [1.82, 2.24) is 5.32 Å². The van der Waals surface area contributed by atoms with Crippen LogP contribution >= 0.6 is 15.9 Å². The molecule has 1 rings (SSSR count). The van der Waals surface area contributed by atoms with Gasteiger partial charge >= 0.3 is 11.8 Å². The third kappa shape index (κ3) is 4.46. The molecule has 0 fully saturated rings. The van der Waals surface area contributed by atoms with E-state index in [1.165, 1.54) is 0 Å². The Balaban J connectivity index is 2.63. The summed E-state index contributed by atoms with van der Waals surface area (Å²) >= 11 is 3.26. The number of hydrogen-bond donors (Lipinski definition) is 3. The Morgan fingerprint density at radius 1 is 1.33 bits per heavy atom. The molecule has 98 valence electrons. The number of aliphatic hydroxyl groups excluding tert-OH is 1. The van der Waals surface area contributed by atoms with Crippen molar-refractivity contribution in [1.29, 1.82) is 0 Å². The standard InChI is InChI=1S/C12H15BrN2O3/c1-12(2,7-16)15-11(18)10(17)14-9-5-3-4-8(13)6-9/h3-6,16H,7H2,1-2H3,(H,14,17)(H,15,18). The predicted molar refractivity (Wildman–Crippen MR) is 72.1 cm³/mol. The van der Waals surface area contributed by atoms with E-state index in [1.807, 2.05) is 6.07 Å². The van der Waals surface area contributed by atoms with Crippen molar-refractivity contribution in [3.63, 3.8) is 0 Å². The molecule has 2 amide bonds. The summed E-state index contributed by atoms with van der Waals surface area (Å²) in [4.78, 5) is 23.2. The Hall–Kier alpha value is -1.40. The van der Waals surface area contributed by atoms with Crippen molar-refractivity contribution in [2.24, 2.45) is 0 Å². The fourth-order valence-corrected chi connectivity index (χ4v) is 1.56. The van der Waals surface area contributed by atoms with Crippen LogP contribution in [-0.4, -0.2) is 29.1 Å². The summed E-state index contributed by atoms with van der Waals surface area (Å²) in [7, 11) is 0. The molecule has 0 atom stereocenters. The second kappa shape index (κ2) is 5.97. The van der Waals surface area contributed by atoms with Crippen molar-refractivity contribution in [2.75, 3.05) is 11.9 Å². The zero-order valence-corrected chi connectivity index (χ0v) is 11.7. The average Bonchev–Trinajstić information content (AvgIpc) is 2.28. The van der Waals surface area contributed by atoms with Crippen molar-refractivity contribution in [2.45, 2.75) is 19.4 Å². The Morgan fingerprint density at radius 3 is 2.56 bits per heavy atom. The van der Waals surface area contributed by atoms with E-state index in [0.29, 0.717) is 5.69 Å². The van der Waals surface area contributed by atoms with Gasteiger partial charge in [0.25, 0.3) is 0 Å². The Labute approximate surface area is 114 Å². The topological polar surface area (TPSA) is 78.4 Å². The second-order valence-corrected chi connectivity index (χ2v) is 5.38. The third-order valence-corrected chi connectivity index (χ3v) is 2.63. The van der Waals surface area contributed by atoms with E-state index in [0.717, 1.165) is 4.47 Å².